The first-order valence-corrected chi connectivity index (χ1v) is 18.3. The molecule has 16 heavy (non-hydrogen) atoms. The second-order valence-electron chi connectivity index (χ2n) is 0.476. The molecule has 0 aliphatic carbocycles. The quantitative estimate of drug-likeness (QED) is 0.268. The van der Waals surface area contributed by atoms with Crippen LogP contribution in [0.1, 0.15) is 0 Å². The van der Waals surface area contributed by atoms with Crippen molar-refractivity contribution in [2.75, 3.05) is 0 Å². The van der Waals surface area contributed by atoms with Gasteiger partial charge in [0.15, 0.2) is 0 Å². The zero-order valence-electron chi connectivity index (χ0n) is 6.93. The van der Waals surface area contributed by atoms with Crippen LogP contribution in [0.5, 0.6) is 0 Å². The number of rotatable bonds is 0. The van der Waals surface area contributed by atoms with Crippen molar-refractivity contribution in [3.05, 3.63) is 0 Å². The molecule has 16 heteroatoms. The average molecular weight is 676 g/mol. The maximum Gasteiger partial charge on any atom is 0 e. The molecule has 0 aromatic carbocycles. The molecular formula is H12Cl6Co2O6Sn2. The predicted molar refractivity (Wildman–Crippen MR) is 68.3 cm³/mol. The van der Waals surface area contributed by atoms with Gasteiger partial charge in [0, 0.05) is 40.7 Å². The van der Waals surface area contributed by atoms with Gasteiger partial charge in [-0.1, -0.05) is 0 Å². The van der Waals surface area contributed by atoms with Gasteiger partial charge in [0.2, 0.25) is 0 Å². The van der Waals surface area contributed by atoms with Gasteiger partial charge in [0.25, 0.3) is 0 Å². The van der Waals surface area contributed by atoms with Crippen LogP contribution in [0.15, 0.2) is 0 Å². The maximum atomic E-state index is 5.04. The Hall–Kier alpha value is 4.11. The Balaban J connectivity index is -0.00000000388. The summed E-state index contributed by atoms with van der Waals surface area (Å²) in [6, 6.07) is 0. The molecular weight excluding hydrogens is 664 g/mol. The van der Waals surface area contributed by atoms with Crippen molar-refractivity contribution >= 4 is 93.8 Å². The van der Waals surface area contributed by atoms with Crippen LogP contribution in [0, 0.1) is 0 Å². The number of hydrogen-bond acceptors (Lipinski definition) is 0. The summed E-state index contributed by atoms with van der Waals surface area (Å²) in [4.78, 5) is 0. The van der Waals surface area contributed by atoms with Crippen LogP contribution in [-0.2, 0) is 29.7 Å². The second kappa shape index (κ2) is 50.8. The minimum Gasteiger partial charge on any atom is 0 e. The summed E-state index contributed by atoms with van der Waals surface area (Å²) >= 11 is -2.91. The van der Waals surface area contributed by atoms with E-state index in [0.29, 0.717) is 12.9 Å². The van der Waals surface area contributed by atoms with Gasteiger partial charge in [-0.15, -0.1) is 0 Å². The van der Waals surface area contributed by atoms with Crippen LogP contribution >= 0.6 is 56.0 Å². The molecule has 0 amide bonds. The van der Waals surface area contributed by atoms with Crippen molar-refractivity contribution in [2.45, 2.75) is 0 Å². The standard InChI is InChI=1S/6ClH.2Co.6H2O.2Sn/h6*1H;;;6*1H2;;/q;;;;;;;+2;;;;;;;;+4/p-6. The van der Waals surface area contributed by atoms with E-state index < -0.39 is 13.9 Å². The molecule has 6 nitrogen and oxygen atoms in total. The van der Waals surface area contributed by atoms with Crippen LogP contribution in [0.25, 0.3) is 0 Å². The van der Waals surface area contributed by atoms with Crippen LogP contribution in [-0.4, -0.2) is 70.6 Å². The van der Waals surface area contributed by atoms with Gasteiger partial charge < -0.3 is 32.9 Å². The van der Waals surface area contributed by atoms with E-state index in [2.05, 4.69) is 0 Å². The zero-order valence-corrected chi connectivity index (χ0v) is 19.3. The van der Waals surface area contributed by atoms with Gasteiger partial charge in [0.05, 0.1) is 0 Å². The van der Waals surface area contributed by atoms with Gasteiger partial charge in [0.1, 0.15) is 0 Å². The summed E-state index contributed by atoms with van der Waals surface area (Å²) in [6.07, 6.45) is 0. The molecule has 0 heterocycles. The molecule has 116 valence electrons. The topological polar surface area (TPSA) is 189 Å². The molecule has 0 aliphatic rings. The first-order chi connectivity index (χ1) is 3.41. The van der Waals surface area contributed by atoms with Crippen molar-refractivity contribution < 1.29 is 62.5 Å². The van der Waals surface area contributed by atoms with Crippen molar-refractivity contribution in [1.82, 2.24) is 0 Å². The van der Waals surface area contributed by atoms with E-state index in [0.717, 1.165) is 0 Å². The molecule has 0 spiro atoms. The molecule has 0 rings (SSSR count). The maximum absolute atomic E-state index is 5.04. The Morgan fingerprint density at radius 3 is 0.625 bits per heavy atom. The van der Waals surface area contributed by atoms with E-state index in [-0.39, 0.29) is 73.5 Å². The molecule has 0 atom stereocenters. The van der Waals surface area contributed by atoms with Crippen molar-refractivity contribution in [3.8, 4) is 0 Å². The monoisotopic (exact) mass is 676 g/mol. The molecule has 0 aromatic heterocycles. The Bertz CT molecular complexity index is 52.8. The van der Waals surface area contributed by atoms with Gasteiger partial charge in [-0.05, 0) is 0 Å². The molecule has 0 aromatic rings. The van der Waals surface area contributed by atoms with E-state index >= 15 is 0 Å². The zero-order chi connectivity index (χ0) is 7.21. The summed E-state index contributed by atoms with van der Waals surface area (Å²) in [6.45, 7) is 0. The van der Waals surface area contributed by atoms with Gasteiger partial charge in [-0.25, -0.2) is 0 Å². The van der Waals surface area contributed by atoms with Crippen LogP contribution in [0.4, 0.5) is 0 Å². The molecule has 0 saturated heterocycles. The third kappa shape index (κ3) is 314. The Kier molecular flexibility index (Phi) is 228. The summed E-state index contributed by atoms with van der Waals surface area (Å²) in [5.74, 6) is 0. The van der Waals surface area contributed by atoms with Crippen LogP contribution in [0.3, 0.4) is 0 Å². The van der Waals surface area contributed by atoms with Crippen LogP contribution < -0.4 is 0 Å². The molecule has 0 aliphatic heterocycles. The molecule has 12 N–H and O–H groups in total. The summed E-state index contributed by atoms with van der Waals surface area (Å²) in [7, 11) is 29.6. The summed E-state index contributed by atoms with van der Waals surface area (Å²) in [5.41, 5.74) is 0. The fourth-order valence-electron chi connectivity index (χ4n) is 0. The van der Waals surface area contributed by atoms with Gasteiger partial charge >= 0.3 is 82.7 Å². The minimum absolute atomic E-state index is 0. The van der Waals surface area contributed by atoms with E-state index in [1.54, 1.807) is 0 Å². The fraction of sp³-hybridized carbons (Fsp3) is 0. The molecule has 0 bridgehead atoms. The van der Waals surface area contributed by atoms with Crippen molar-refractivity contribution in [1.29, 1.82) is 0 Å². The smallest absolute Gasteiger partial charge is 0 e. The van der Waals surface area contributed by atoms with Crippen molar-refractivity contribution in [2.24, 2.45) is 0 Å². The first kappa shape index (κ1) is 71.8. The van der Waals surface area contributed by atoms with Crippen molar-refractivity contribution in [3.63, 3.8) is 0 Å². The fourth-order valence-corrected chi connectivity index (χ4v) is 0. The van der Waals surface area contributed by atoms with E-state index in [1.165, 1.54) is 0 Å². The molecule has 5 radical (unpaired) electrons. The largest absolute Gasteiger partial charge is 0 e. The Morgan fingerprint density at radius 1 is 0.625 bits per heavy atom. The van der Waals surface area contributed by atoms with Gasteiger partial charge in [-0.2, -0.15) is 0 Å². The molecule has 0 unspecified atom stereocenters. The second-order valence-corrected chi connectivity index (χ2v) is 27.6. The third-order valence-electron chi connectivity index (χ3n) is 0. The van der Waals surface area contributed by atoms with Crippen LogP contribution in [0.2, 0.25) is 0 Å². The van der Waals surface area contributed by atoms with Gasteiger partial charge in [-0.3, -0.25) is 0 Å². The predicted octanol–water partition coefficient (Wildman–Crippen LogP) is -1.58. The SMILES string of the molecule is O.O.O.O.O.O.[Cl][Co][Cl].[Cl][Sn]([Cl])([Cl])[Cl].[Co].[Sn]. The normalized spacial score (nSPS) is 5.12. The minimum atomic E-state index is -3.29. The summed E-state index contributed by atoms with van der Waals surface area (Å²) < 4.78 is 0. The van der Waals surface area contributed by atoms with E-state index in [9.17, 15) is 0 Å². The molecule has 0 fully saturated rings. The Morgan fingerprint density at radius 2 is 0.625 bits per heavy atom. The van der Waals surface area contributed by atoms with E-state index in [4.69, 9.17) is 56.0 Å². The first-order valence-electron chi connectivity index (χ1n) is 1.01. The number of hydrogen-bond donors (Lipinski definition) is 0. The van der Waals surface area contributed by atoms with E-state index in [1.807, 2.05) is 0 Å². The number of halogens is 6. The Labute approximate surface area is 154 Å². The molecule has 0 saturated carbocycles. The summed E-state index contributed by atoms with van der Waals surface area (Å²) in [5, 5.41) is 0. The average Bonchev–Trinajstić information content (AvgIpc) is 1.27. The third-order valence-corrected chi connectivity index (χ3v) is 0.